The molecule has 2 N–H and O–H groups in total. The molecule has 2 aromatic heterocycles. The number of anilines is 2. The molecule has 6 aromatic rings. The first kappa shape index (κ1) is 43.4. The van der Waals surface area contributed by atoms with Gasteiger partial charge in [-0.1, -0.05) is 38.5 Å². The number of nitrogens with one attached hydrogen (secondary N) is 2. The molecule has 0 amide bonds. The molecule has 0 aliphatic heterocycles. The third-order valence-corrected chi connectivity index (χ3v) is 11.8. The Hall–Kier alpha value is -6.70. The van der Waals surface area contributed by atoms with Crippen molar-refractivity contribution in [2.24, 2.45) is 0 Å². The first-order valence-corrected chi connectivity index (χ1v) is 20.8. The zero-order chi connectivity index (χ0) is 44.2. The van der Waals surface area contributed by atoms with E-state index in [-0.39, 0.29) is 67.6 Å². The maximum Gasteiger partial charge on any atom is 0.338 e. The van der Waals surface area contributed by atoms with Gasteiger partial charge in [-0.05, 0) is 75.9 Å². The lowest BCUT2D eigenvalue weighted by Crippen LogP contribution is -2.24. The minimum absolute atomic E-state index is 0.0170. The highest BCUT2D eigenvalue weighted by molar-refractivity contribution is 6.16. The lowest BCUT2D eigenvalue weighted by molar-refractivity contribution is 0.0593. The number of hydrogen-bond donors (Lipinski definition) is 2. The van der Waals surface area contributed by atoms with Crippen molar-refractivity contribution < 1.29 is 47.0 Å². The van der Waals surface area contributed by atoms with E-state index < -0.39 is 11.9 Å². The summed E-state index contributed by atoms with van der Waals surface area (Å²) in [5.74, 6) is -0.799. The fourth-order valence-electron chi connectivity index (χ4n) is 8.55. The summed E-state index contributed by atoms with van der Waals surface area (Å²) >= 11 is 0. The van der Waals surface area contributed by atoms with Gasteiger partial charge >= 0.3 is 11.9 Å². The van der Waals surface area contributed by atoms with Crippen LogP contribution in [0.5, 0.6) is 11.5 Å². The normalized spacial score (nSPS) is 14.5. The summed E-state index contributed by atoms with van der Waals surface area (Å²) in [5.41, 5.74) is 1.81. The van der Waals surface area contributed by atoms with Crippen LogP contribution in [0, 0.1) is 0 Å². The number of benzene rings is 4. The van der Waals surface area contributed by atoms with E-state index in [0.717, 1.165) is 51.4 Å². The van der Waals surface area contributed by atoms with Gasteiger partial charge in [-0.15, -0.1) is 0 Å². The Morgan fingerprint density at radius 1 is 0.532 bits per heavy atom. The van der Waals surface area contributed by atoms with Gasteiger partial charge in [0.15, 0.2) is 22.7 Å². The molecule has 0 unspecified atom stereocenters. The number of ketones is 2. The minimum Gasteiger partial charge on any atom is -0.497 e. The van der Waals surface area contributed by atoms with Crippen molar-refractivity contribution in [3.8, 4) is 11.5 Å². The zero-order valence-electron chi connectivity index (χ0n) is 35.7. The van der Waals surface area contributed by atoms with Gasteiger partial charge in [0.25, 0.3) is 0 Å². The average Bonchev–Trinajstić information content (AvgIpc) is 3.29. The summed E-state index contributed by atoms with van der Waals surface area (Å²) in [6.45, 7) is 2.85. The Kier molecular flexibility index (Phi) is 13.0. The van der Waals surface area contributed by atoms with Crippen LogP contribution in [0.2, 0.25) is 0 Å². The van der Waals surface area contributed by atoms with E-state index in [9.17, 15) is 28.8 Å². The molecule has 0 radical (unpaired) electrons. The summed E-state index contributed by atoms with van der Waals surface area (Å²) < 4.78 is 32.7. The predicted octanol–water partition coefficient (Wildman–Crippen LogP) is 9.38. The summed E-state index contributed by atoms with van der Waals surface area (Å²) in [7, 11) is 5.53. The second-order valence-corrected chi connectivity index (χ2v) is 15.7. The molecular formula is C48H50N2O12. The van der Waals surface area contributed by atoms with Crippen LogP contribution in [-0.4, -0.2) is 64.0 Å². The van der Waals surface area contributed by atoms with E-state index >= 15 is 0 Å². The number of carbonyl (C=O) groups excluding carboxylic acids is 4. The highest BCUT2D eigenvalue weighted by Gasteiger charge is 2.28. The van der Waals surface area contributed by atoms with Gasteiger partial charge < -0.3 is 38.4 Å². The molecule has 62 heavy (non-hydrogen) atoms. The third kappa shape index (κ3) is 8.46. The van der Waals surface area contributed by atoms with Crippen LogP contribution in [0.4, 0.5) is 11.4 Å². The molecule has 2 heterocycles. The molecule has 324 valence electrons. The third-order valence-electron chi connectivity index (χ3n) is 11.8. The number of hydrogen-bond acceptors (Lipinski definition) is 14. The lowest BCUT2D eigenvalue weighted by Gasteiger charge is -2.25. The molecular weight excluding hydrogens is 797 g/mol. The molecule has 2 fully saturated rings. The van der Waals surface area contributed by atoms with Gasteiger partial charge in [0.2, 0.25) is 10.9 Å². The van der Waals surface area contributed by atoms with E-state index in [1.54, 1.807) is 36.4 Å². The zero-order valence-corrected chi connectivity index (χ0v) is 35.7. The van der Waals surface area contributed by atoms with Crippen molar-refractivity contribution in [2.75, 3.05) is 39.1 Å². The topological polar surface area (TPSA) is 190 Å². The van der Waals surface area contributed by atoms with Gasteiger partial charge in [0.05, 0.1) is 72.5 Å². The quantitative estimate of drug-likeness (QED) is 0.0753. The van der Waals surface area contributed by atoms with Crippen molar-refractivity contribution in [3.05, 3.63) is 91.2 Å². The fourth-order valence-corrected chi connectivity index (χ4v) is 8.55. The molecule has 14 heteroatoms. The Morgan fingerprint density at radius 3 is 1.23 bits per heavy atom. The largest absolute Gasteiger partial charge is 0.497 e. The lowest BCUT2D eigenvalue weighted by atomic mass is 9.93. The van der Waals surface area contributed by atoms with Gasteiger partial charge in [-0.3, -0.25) is 19.2 Å². The molecule has 0 bridgehead atoms. The fraction of sp³-hybridized carbons (Fsp3) is 0.375. The highest BCUT2D eigenvalue weighted by atomic mass is 16.5. The standard InChI is InChI=1S/2C24H25NO6/c2*1-13(26)17-12-18(24(28)30-3)20-22(27)16-10-9-15(29-2)11-19(16)31-23(20)21(17)25-14-7-5-4-6-8-14/h2*9-12,14,25H,4-8H2,1-3H3. The number of rotatable bonds is 10. The van der Waals surface area contributed by atoms with Crippen LogP contribution in [0.1, 0.15) is 119 Å². The van der Waals surface area contributed by atoms with E-state index in [1.807, 2.05) is 0 Å². The van der Waals surface area contributed by atoms with Crippen LogP contribution in [0.3, 0.4) is 0 Å². The number of ether oxygens (including phenoxy) is 4. The van der Waals surface area contributed by atoms with Crippen molar-refractivity contribution in [2.45, 2.75) is 90.1 Å². The second kappa shape index (κ2) is 18.5. The number of esters is 2. The summed E-state index contributed by atoms with van der Waals surface area (Å²) in [5, 5.41) is 7.73. The van der Waals surface area contributed by atoms with E-state index in [2.05, 4.69) is 10.6 Å². The van der Waals surface area contributed by atoms with E-state index in [1.165, 1.54) is 67.3 Å². The van der Waals surface area contributed by atoms with Gasteiger partial charge in [0, 0.05) is 35.3 Å². The predicted molar refractivity (Wildman–Crippen MR) is 237 cm³/mol. The van der Waals surface area contributed by atoms with Crippen LogP contribution in [-0.2, 0) is 9.47 Å². The summed E-state index contributed by atoms with van der Waals surface area (Å²) in [4.78, 5) is 77.0. The van der Waals surface area contributed by atoms with E-state index in [4.69, 9.17) is 27.8 Å². The van der Waals surface area contributed by atoms with Crippen LogP contribution < -0.4 is 31.0 Å². The van der Waals surface area contributed by atoms with Crippen LogP contribution >= 0.6 is 0 Å². The first-order valence-electron chi connectivity index (χ1n) is 20.8. The summed E-state index contributed by atoms with van der Waals surface area (Å²) in [6.07, 6.45) is 10.6. The molecule has 4 aromatic carbocycles. The second-order valence-electron chi connectivity index (χ2n) is 15.7. The maximum atomic E-state index is 13.4. The SMILES string of the molecule is COC(=O)c1cc(C(C)=O)c(NC2CCCCC2)c2oc3cc(OC)ccc3c(=O)c12.COC(=O)c1cc(C(C)=O)c(NC2CCCCC2)c2oc3cc(OC)ccc3c(=O)c12. The first-order chi connectivity index (χ1) is 29.9. The molecule has 14 nitrogen and oxygen atoms in total. The number of carbonyl (C=O) groups is 4. The number of fused-ring (bicyclic) bond motifs is 4. The molecule has 0 atom stereocenters. The Morgan fingerprint density at radius 2 is 0.903 bits per heavy atom. The smallest absolute Gasteiger partial charge is 0.338 e. The number of Topliss-reactive ketones (excluding diaryl/α,β-unsaturated/α-hetero) is 2. The molecule has 0 spiro atoms. The molecule has 2 aliphatic carbocycles. The molecule has 2 saturated carbocycles. The monoisotopic (exact) mass is 846 g/mol. The molecule has 0 saturated heterocycles. The minimum atomic E-state index is -0.697. The number of methoxy groups -OCH3 is 4. The average molecular weight is 847 g/mol. The van der Waals surface area contributed by atoms with E-state index in [0.29, 0.717) is 55.9 Å². The Bertz CT molecular complexity index is 2670. The van der Waals surface area contributed by atoms with Crippen LogP contribution in [0.15, 0.2) is 67.0 Å². The maximum absolute atomic E-state index is 13.4. The van der Waals surface area contributed by atoms with Crippen molar-refractivity contribution in [1.29, 1.82) is 0 Å². The summed E-state index contributed by atoms with van der Waals surface area (Å²) in [6, 6.07) is 13.0. The molecule has 2 aliphatic rings. The van der Waals surface area contributed by atoms with Crippen molar-refractivity contribution in [3.63, 3.8) is 0 Å². The van der Waals surface area contributed by atoms with Crippen molar-refractivity contribution >= 4 is 78.8 Å². The molecule has 8 rings (SSSR count). The Labute approximate surface area is 356 Å². The van der Waals surface area contributed by atoms with Gasteiger partial charge in [-0.25, -0.2) is 9.59 Å². The van der Waals surface area contributed by atoms with Crippen LogP contribution in [0.25, 0.3) is 43.9 Å². The Balaban J connectivity index is 0.000000186. The van der Waals surface area contributed by atoms with Crippen molar-refractivity contribution in [1.82, 2.24) is 0 Å². The van der Waals surface area contributed by atoms with Gasteiger partial charge in [-0.2, -0.15) is 0 Å². The highest BCUT2D eigenvalue weighted by Crippen LogP contribution is 2.37. The van der Waals surface area contributed by atoms with Gasteiger partial charge in [0.1, 0.15) is 22.7 Å².